The Balaban J connectivity index is 2.68. The van der Waals surface area contributed by atoms with Crippen molar-refractivity contribution < 1.29 is 0 Å². The number of hydrogen-bond donors (Lipinski definition) is 1. The fourth-order valence-electron chi connectivity index (χ4n) is 1.14. The fourth-order valence-corrected chi connectivity index (χ4v) is 1.14. The van der Waals surface area contributed by atoms with Crippen LogP contribution in [0.2, 0.25) is 0 Å². The minimum Gasteiger partial charge on any atom is -0.308 e. The van der Waals surface area contributed by atoms with Gasteiger partial charge in [-0.25, -0.2) is 9.97 Å². The molecule has 1 rings (SSSR count). The van der Waals surface area contributed by atoms with Crippen LogP contribution >= 0.6 is 0 Å². The molecule has 0 saturated carbocycles. The Morgan fingerprint density at radius 3 is 2.43 bits per heavy atom. The van der Waals surface area contributed by atoms with Crippen molar-refractivity contribution in [3.63, 3.8) is 0 Å². The minimum absolute atomic E-state index is 0.136. The first-order valence-electron chi connectivity index (χ1n) is 4.92. The summed E-state index contributed by atoms with van der Waals surface area (Å²) in [6, 6.07) is 0. The van der Waals surface area contributed by atoms with Gasteiger partial charge >= 0.3 is 0 Å². The lowest BCUT2D eigenvalue weighted by Crippen LogP contribution is -2.35. The molecule has 0 aliphatic rings. The second-order valence-corrected chi connectivity index (χ2v) is 4.63. The zero-order valence-corrected chi connectivity index (χ0v) is 9.68. The van der Waals surface area contributed by atoms with Crippen LogP contribution in [0.1, 0.15) is 37.9 Å². The first-order valence-corrected chi connectivity index (χ1v) is 4.92. The Morgan fingerprint density at radius 1 is 1.29 bits per heavy atom. The van der Waals surface area contributed by atoms with Crippen molar-refractivity contribution in [3.05, 3.63) is 23.3 Å². The summed E-state index contributed by atoms with van der Waals surface area (Å²) in [7, 11) is 0. The van der Waals surface area contributed by atoms with Crippen LogP contribution in [0.5, 0.6) is 0 Å². The SMILES string of the molecule is Cc1ncc(CNC(C)(C)C)c(C)n1. The van der Waals surface area contributed by atoms with E-state index in [1.807, 2.05) is 20.0 Å². The van der Waals surface area contributed by atoms with Crippen molar-refractivity contribution in [2.24, 2.45) is 0 Å². The fraction of sp³-hybridized carbons (Fsp3) is 0.636. The van der Waals surface area contributed by atoms with E-state index >= 15 is 0 Å². The third-order valence-electron chi connectivity index (χ3n) is 2.01. The summed E-state index contributed by atoms with van der Waals surface area (Å²) in [6.45, 7) is 11.2. The Hall–Kier alpha value is -0.960. The molecule has 0 atom stereocenters. The standard InChI is InChI=1S/C11H19N3/c1-8-10(6-12-9(2)14-8)7-13-11(3,4)5/h6,13H,7H2,1-5H3. The van der Waals surface area contributed by atoms with Crippen LogP contribution in [0.25, 0.3) is 0 Å². The summed E-state index contributed by atoms with van der Waals surface area (Å²) in [5, 5.41) is 3.42. The lowest BCUT2D eigenvalue weighted by atomic mass is 10.1. The van der Waals surface area contributed by atoms with Crippen molar-refractivity contribution in [1.82, 2.24) is 15.3 Å². The minimum atomic E-state index is 0.136. The molecule has 3 heteroatoms. The van der Waals surface area contributed by atoms with Gasteiger partial charge in [0.05, 0.1) is 0 Å². The molecule has 0 amide bonds. The molecular weight excluding hydrogens is 174 g/mol. The van der Waals surface area contributed by atoms with Crippen molar-refractivity contribution in [2.75, 3.05) is 0 Å². The quantitative estimate of drug-likeness (QED) is 0.780. The van der Waals surface area contributed by atoms with Crippen LogP contribution < -0.4 is 5.32 Å². The predicted octanol–water partition coefficient (Wildman–Crippen LogP) is 1.98. The van der Waals surface area contributed by atoms with Gasteiger partial charge in [-0.1, -0.05) is 0 Å². The van der Waals surface area contributed by atoms with Gasteiger partial charge in [-0.3, -0.25) is 0 Å². The molecule has 1 N–H and O–H groups in total. The molecule has 3 nitrogen and oxygen atoms in total. The van der Waals surface area contributed by atoms with E-state index in [4.69, 9.17) is 0 Å². The number of rotatable bonds is 2. The van der Waals surface area contributed by atoms with Crippen LogP contribution in [-0.2, 0) is 6.54 Å². The van der Waals surface area contributed by atoms with Gasteiger partial charge in [0.2, 0.25) is 0 Å². The molecule has 1 aromatic rings. The van der Waals surface area contributed by atoms with E-state index in [0.717, 1.165) is 18.1 Å². The predicted molar refractivity (Wildman–Crippen MR) is 58.1 cm³/mol. The maximum absolute atomic E-state index is 4.32. The third kappa shape index (κ3) is 3.42. The van der Waals surface area contributed by atoms with E-state index in [9.17, 15) is 0 Å². The Kier molecular flexibility index (Phi) is 3.21. The molecule has 0 radical (unpaired) electrons. The van der Waals surface area contributed by atoms with Crippen LogP contribution in [0.3, 0.4) is 0 Å². The summed E-state index contributed by atoms with van der Waals surface area (Å²) in [6.07, 6.45) is 1.90. The molecule has 0 bridgehead atoms. The third-order valence-corrected chi connectivity index (χ3v) is 2.01. The molecule has 0 aromatic carbocycles. The van der Waals surface area contributed by atoms with E-state index in [0.29, 0.717) is 0 Å². The monoisotopic (exact) mass is 193 g/mol. The van der Waals surface area contributed by atoms with E-state index in [1.165, 1.54) is 5.56 Å². The van der Waals surface area contributed by atoms with Crippen molar-refractivity contribution >= 4 is 0 Å². The summed E-state index contributed by atoms with van der Waals surface area (Å²) >= 11 is 0. The van der Waals surface area contributed by atoms with Gasteiger partial charge in [0.25, 0.3) is 0 Å². The summed E-state index contributed by atoms with van der Waals surface area (Å²) in [5.74, 6) is 0.835. The lowest BCUT2D eigenvalue weighted by molar-refractivity contribution is 0.423. The highest BCUT2D eigenvalue weighted by atomic mass is 15.0. The molecule has 0 saturated heterocycles. The Morgan fingerprint density at radius 2 is 1.93 bits per heavy atom. The molecule has 14 heavy (non-hydrogen) atoms. The molecule has 1 heterocycles. The van der Waals surface area contributed by atoms with Gasteiger partial charge in [0.1, 0.15) is 5.82 Å². The van der Waals surface area contributed by atoms with Crippen LogP contribution in [-0.4, -0.2) is 15.5 Å². The second kappa shape index (κ2) is 4.05. The van der Waals surface area contributed by atoms with Gasteiger partial charge in [0.15, 0.2) is 0 Å². The maximum atomic E-state index is 4.32. The second-order valence-electron chi connectivity index (χ2n) is 4.63. The van der Waals surface area contributed by atoms with Crippen LogP contribution in [0.15, 0.2) is 6.20 Å². The Bertz CT molecular complexity index is 313. The summed E-state index contributed by atoms with van der Waals surface area (Å²) in [4.78, 5) is 8.51. The number of nitrogens with one attached hydrogen (secondary N) is 1. The van der Waals surface area contributed by atoms with Crippen LogP contribution in [0, 0.1) is 13.8 Å². The lowest BCUT2D eigenvalue weighted by Gasteiger charge is -2.20. The van der Waals surface area contributed by atoms with E-state index in [1.54, 1.807) is 0 Å². The number of aryl methyl sites for hydroxylation is 2. The zero-order valence-electron chi connectivity index (χ0n) is 9.68. The first-order chi connectivity index (χ1) is 6.38. The van der Waals surface area contributed by atoms with E-state index in [2.05, 4.69) is 36.1 Å². The van der Waals surface area contributed by atoms with E-state index < -0.39 is 0 Å². The average Bonchev–Trinajstić information content (AvgIpc) is 2.00. The van der Waals surface area contributed by atoms with Crippen molar-refractivity contribution in [2.45, 2.75) is 46.7 Å². The molecule has 0 unspecified atom stereocenters. The van der Waals surface area contributed by atoms with E-state index in [-0.39, 0.29) is 5.54 Å². The summed E-state index contributed by atoms with van der Waals surface area (Å²) in [5.41, 5.74) is 2.37. The molecule has 1 aromatic heterocycles. The summed E-state index contributed by atoms with van der Waals surface area (Å²) < 4.78 is 0. The molecule has 78 valence electrons. The van der Waals surface area contributed by atoms with Crippen molar-refractivity contribution in [3.8, 4) is 0 Å². The smallest absolute Gasteiger partial charge is 0.125 e. The molecule has 0 fully saturated rings. The first kappa shape index (κ1) is 11.1. The molecule has 0 aliphatic carbocycles. The highest BCUT2D eigenvalue weighted by Crippen LogP contribution is 2.06. The van der Waals surface area contributed by atoms with Gasteiger partial charge < -0.3 is 5.32 Å². The highest BCUT2D eigenvalue weighted by molar-refractivity contribution is 5.15. The van der Waals surface area contributed by atoms with Crippen molar-refractivity contribution in [1.29, 1.82) is 0 Å². The Labute approximate surface area is 86.0 Å². The van der Waals surface area contributed by atoms with Crippen LogP contribution in [0.4, 0.5) is 0 Å². The maximum Gasteiger partial charge on any atom is 0.125 e. The van der Waals surface area contributed by atoms with Gasteiger partial charge in [-0.05, 0) is 34.6 Å². The number of hydrogen-bond acceptors (Lipinski definition) is 3. The number of aromatic nitrogens is 2. The molecule has 0 spiro atoms. The normalized spacial score (nSPS) is 11.8. The van der Waals surface area contributed by atoms with Gasteiger partial charge in [0, 0.05) is 29.5 Å². The largest absolute Gasteiger partial charge is 0.308 e. The highest BCUT2D eigenvalue weighted by Gasteiger charge is 2.09. The number of nitrogens with zero attached hydrogens (tertiary/aromatic N) is 2. The topological polar surface area (TPSA) is 37.8 Å². The molecule has 0 aliphatic heterocycles. The zero-order chi connectivity index (χ0) is 10.8. The van der Waals surface area contributed by atoms with Gasteiger partial charge in [-0.15, -0.1) is 0 Å². The average molecular weight is 193 g/mol. The van der Waals surface area contributed by atoms with Gasteiger partial charge in [-0.2, -0.15) is 0 Å². The molecular formula is C11H19N3.